The number of aliphatic imine (C=N–C) groups is 1. The molecule has 4 rings (SSSR count). The molecule has 1 amide bonds. The smallest absolute Gasteiger partial charge is 0.229 e. The third-order valence-corrected chi connectivity index (χ3v) is 7.61. The van der Waals surface area contributed by atoms with Gasteiger partial charge in [-0.2, -0.15) is 0 Å². The van der Waals surface area contributed by atoms with Crippen LogP contribution in [0.15, 0.2) is 4.99 Å². The maximum atomic E-state index is 13.8. The molecule has 32 heavy (non-hydrogen) atoms. The fraction of sp³-hybridized carbons (Fsp3) is 0.913. The highest BCUT2D eigenvalue weighted by Gasteiger charge is 2.35. The molecule has 5 unspecified atom stereocenters. The average molecular weight is 456 g/mol. The molecule has 7 nitrogen and oxygen atoms in total. The number of nitrogens with zero attached hydrogens (tertiary/aromatic N) is 1. The molecule has 2 heterocycles. The maximum absolute atomic E-state index is 13.8. The van der Waals surface area contributed by atoms with E-state index in [4.69, 9.17) is 4.74 Å². The Labute approximate surface area is 189 Å². The van der Waals surface area contributed by atoms with Gasteiger partial charge in [-0.15, -0.1) is 0 Å². The molecule has 2 aliphatic heterocycles. The van der Waals surface area contributed by atoms with E-state index in [1.165, 1.54) is 0 Å². The van der Waals surface area contributed by atoms with Crippen LogP contribution in [0.1, 0.15) is 77.6 Å². The number of hydrogen-bond donors (Lipinski definition) is 4. The SMILES string of the molecule is CC1(CN=C(NC(=O)C2CCCC(F)C2)NC2CC(C3CCC(F)CC3)NN2)CCCO1. The molecular weight excluding hydrogens is 416 g/mol. The van der Waals surface area contributed by atoms with Crippen LogP contribution >= 0.6 is 0 Å². The van der Waals surface area contributed by atoms with E-state index in [2.05, 4.69) is 26.5 Å². The quantitative estimate of drug-likeness (QED) is 0.378. The van der Waals surface area contributed by atoms with Crippen molar-refractivity contribution < 1.29 is 18.3 Å². The van der Waals surface area contributed by atoms with Gasteiger partial charge in [0.2, 0.25) is 5.91 Å². The zero-order chi connectivity index (χ0) is 22.6. The minimum Gasteiger partial charge on any atom is -0.373 e. The predicted octanol–water partition coefficient (Wildman–Crippen LogP) is 2.87. The number of nitrogens with one attached hydrogen (secondary N) is 4. The third kappa shape index (κ3) is 6.38. The Kier molecular flexibility index (Phi) is 8.00. The van der Waals surface area contributed by atoms with E-state index in [0.29, 0.717) is 44.1 Å². The van der Waals surface area contributed by atoms with Crippen molar-refractivity contribution in [1.29, 1.82) is 0 Å². The molecule has 5 atom stereocenters. The molecule has 2 saturated heterocycles. The minimum atomic E-state index is -0.903. The van der Waals surface area contributed by atoms with Crippen molar-refractivity contribution in [3.8, 4) is 0 Å². The summed E-state index contributed by atoms with van der Waals surface area (Å²) < 4.78 is 33.2. The normalized spacial score (nSPS) is 40.9. The number of ether oxygens (including phenoxy) is 1. The van der Waals surface area contributed by atoms with E-state index in [9.17, 15) is 13.6 Å². The fourth-order valence-electron chi connectivity index (χ4n) is 5.55. The van der Waals surface area contributed by atoms with Gasteiger partial charge < -0.3 is 10.1 Å². The molecule has 0 aromatic rings. The topological polar surface area (TPSA) is 86.8 Å². The lowest BCUT2D eigenvalue weighted by Crippen LogP contribution is -2.52. The monoisotopic (exact) mass is 455 g/mol. The van der Waals surface area contributed by atoms with Crippen LogP contribution in [-0.4, -0.2) is 55.2 Å². The van der Waals surface area contributed by atoms with Crippen LogP contribution < -0.4 is 21.5 Å². The number of carbonyl (C=O) groups is 1. The summed E-state index contributed by atoms with van der Waals surface area (Å²) in [6.07, 6.45) is 6.45. The van der Waals surface area contributed by atoms with Gasteiger partial charge in [0.25, 0.3) is 0 Å². The molecule has 4 N–H and O–H groups in total. The Morgan fingerprint density at radius 1 is 1.06 bits per heavy atom. The Bertz CT molecular complexity index is 665. The van der Waals surface area contributed by atoms with Crippen molar-refractivity contribution in [2.75, 3.05) is 13.2 Å². The van der Waals surface area contributed by atoms with Gasteiger partial charge in [-0.05, 0) is 83.5 Å². The van der Waals surface area contributed by atoms with Crippen molar-refractivity contribution in [2.45, 2.75) is 108 Å². The summed E-state index contributed by atoms with van der Waals surface area (Å²) in [6.45, 7) is 3.23. The molecule has 2 saturated carbocycles. The number of guanidine groups is 1. The highest BCUT2D eigenvalue weighted by atomic mass is 19.1. The van der Waals surface area contributed by atoms with Crippen molar-refractivity contribution in [3.63, 3.8) is 0 Å². The summed E-state index contributed by atoms with van der Waals surface area (Å²) in [6, 6.07) is 0.262. The molecule has 9 heteroatoms. The van der Waals surface area contributed by atoms with Crippen molar-refractivity contribution >= 4 is 11.9 Å². The van der Waals surface area contributed by atoms with Gasteiger partial charge >= 0.3 is 0 Å². The zero-order valence-electron chi connectivity index (χ0n) is 19.2. The Hall–Kier alpha value is -1.32. The Morgan fingerprint density at radius 2 is 1.88 bits per heavy atom. The first kappa shape index (κ1) is 23.8. The molecule has 0 aromatic heterocycles. The molecule has 0 aromatic carbocycles. The minimum absolute atomic E-state index is 0.0975. The standard InChI is InChI=1S/C23H39F2N5O2/c1-23(10-3-11-32-23)14-26-22(28-21(31)16-4-2-5-18(25)12-16)27-20-13-19(29-30-20)15-6-8-17(24)9-7-15/h15-20,29-30H,2-14H2,1H3,(H2,26,27,28,31). The van der Waals surface area contributed by atoms with Gasteiger partial charge in [-0.25, -0.2) is 19.2 Å². The predicted molar refractivity (Wildman–Crippen MR) is 119 cm³/mol. The number of rotatable bonds is 5. The lowest BCUT2D eigenvalue weighted by atomic mass is 9.82. The molecule has 2 aliphatic carbocycles. The number of carbonyl (C=O) groups excluding carboxylic acids is 1. The first-order valence-electron chi connectivity index (χ1n) is 12.5. The fourth-order valence-corrected chi connectivity index (χ4v) is 5.55. The second-order valence-corrected chi connectivity index (χ2v) is 10.4. The van der Waals surface area contributed by atoms with Crippen LogP contribution in [0, 0.1) is 11.8 Å². The van der Waals surface area contributed by atoms with Gasteiger partial charge in [-0.1, -0.05) is 0 Å². The van der Waals surface area contributed by atoms with Crippen molar-refractivity contribution in [1.82, 2.24) is 21.5 Å². The summed E-state index contributed by atoms with van der Waals surface area (Å²) >= 11 is 0. The van der Waals surface area contributed by atoms with Gasteiger partial charge in [0, 0.05) is 18.6 Å². The van der Waals surface area contributed by atoms with Gasteiger partial charge in [0.1, 0.15) is 12.3 Å². The first-order chi connectivity index (χ1) is 15.4. The average Bonchev–Trinajstić information content (AvgIpc) is 3.42. The van der Waals surface area contributed by atoms with E-state index in [-0.39, 0.29) is 36.1 Å². The van der Waals surface area contributed by atoms with Crippen molar-refractivity contribution in [2.24, 2.45) is 16.8 Å². The summed E-state index contributed by atoms with van der Waals surface area (Å²) in [7, 11) is 0. The number of alkyl halides is 2. The molecule has 0 bridgehead atoms. The molecular formula is C23H39F2N5O2. The number of amides is 1. The van der Waals surface area contributed by atoms with E-state index in [0.717, 1.165) is 45.1 Å². The lowest BCUT2D eigenvalue weighted by molar-refractivity contribution is -0.125. The Balaban J connectivity index is 1.36. The van der Waals surface area contributed by atoms with Crippen LogP contribution in [0.4, 0.5) is 8.78 Å². The summed E-state index contributed by atoms with van der Waals surface area (Å²) in [5.74, 6) is 0.383. The summed E-state index contributed by atoms with van der Waals surface area (Å²) in [4.78, 5) is 17.5. The molecule has 0 spiro atoms. The summed E-state index contributed by atoms with van der Waals surface area (Å²) in [5.41, 5.74) is 6.29. The zero-order valence-corrected chi connectivity index (χ0v) is 19.2. The van der Waals surface area contributed by atoms with Crippen LogP contribution in [0.25, 0.3) is 0 Å². The largest absolute Gasteiger partial charge is 0.373 e. The molecule has 182 valence electrons. The van der Waals surface area contributed by atoms with Crippen LogP contribution in [0.2, 0.25) is 0 Å². The van der Waals surface area contributed by atoms with Gasteiger partial charge in [0.15, 0.2) is 5.96 Å². The Morgan fingerprint density at radius 3 is 2.59 bits per heavy atom. The first-order valence-corrected chi connectivity index (χ1v) is 12.5. The van der Waals surface area contributed by atoms with Crippen LogP contribution in [-0.2, 0) is 9.53 Å². The molecule has 4 aliphatic rings. The van der Waals surface area contributed by atoms with E-state index in [1.807, 2.05) is 6.92 Å². The lowest BCUT2D eigenvalue weighted by Gasteiger charge is -2.28. The maximum Gasteiger partial charge on any atom is 0.229 e. The van der Waals surface area contributed by atoms with Gasteiger partial charge in [-0.3, -0.25) is 15.5 Å². The second-order valence-electron chi connectivity index (χ2n) is 10.4. The van der Waals surface area contributed by atoms with Crippen LogP contribution in [0.5, 0.6) is 0 Å². The third-order valence-electron chi connectivity index (χ3n) is 7.61. The second kappa shape index (κ2) is 10.7. The number of hydrogen-bond acceptors (Lipinski definition) is 5. The van der Waals surface area contributed by atoms with Crippen LogP contribution in [0.3, 0.4) is 0 Å². The van der Waals surface area contributed by atoms with E-state index < -0.39 is 12.3 Å². The molecule has 0 radical (unpaired) electrons. The number of halogens is 2. The number of hydrazine groups is 1. The highest BCUT2D eigenvalue weighted by Crippen LogP contribution is 2.31. The van der Waals surface area contributed by atoms with Gasteiger partial charge in [0.05, 0.1) is 18.3 Å². The van der Waals surface area contributed by atoms with E-state index >= 15 is 0 Å². The van der Waals surface area contributed by atoms with Crippen molar-refractivity contribution in [3.05, 3.63) is 0 Å². The summed E-state index contributed by atoms with van der Waals surface area (Å²) in [5, 5.41) is 6.27. The van der Waals surface area contributed by atoms with E-state index in [1.54, 1.807) is 0 Å². The highest BCUT2D eigenvalue weighted by molar-refractivity contribution is 5.98. The molecule has 4 fully saturated rings.